The van der Waals surface area contributed by atoms with Crippen molar-refractivity contribution in [2.45, 2.75) is 103 Å². The SMILES string of the molecule is CCCCCCCCCCCC[n+]1c2c(c(-c3ccccc3)c3c1-c1ccccc1CC3)CCc1ccccc1-2. The zero-order valence-electron chi connectivity index (χ0n) is 24.6. The highest BCUT2D eigenvalue weighted by Crippen LogP contribution is 2.44. The van der Waals surface area contributed by atoms with Gasteiger partial charge in [0.1, 0.15) is 6.54 Å². The maximum atomic E-state index is 2.78. The maximum absolute atomic E-state index is 2.78. The molecule has 0 N–H and O–H groups in total. The summed E-state index contributed by atoms with van der Waals surface area (Å²) in [6.07, 6.45) is 18.3. The van der Waals surface area contributed by atoms with Crippen LogP contribution < -0.4 is 4.57 Å². The molecule has 3 aromatic carbocycles. The van der Waals surface area contributed by atoms with Gasteiger partial charge >= 0.3 is 0 Å². The van der Waals surface area contributed by atoms with E-state index in [-0.39, 0.29) is 0 Å². The normalized spacial score (nSPS) is 13.3. The van der Waals surface area contributed by atoms with E-state index >= 15 is 0 Å². The topological polar surface area (TPSA) is 3.88 Å². The molecule has 0 spiro atoms. The minimum absolute atomic E-state index is 1.11. The Labute approximate surface area is 242 Å². The Morgan fingerprint density at radius 2 is 0.975 bits per heavy atom. The third-order valence-electron chi connectivity index (χ3n) is 9.35. The van der Waals surface area contributed by atoms with Crippen LogP contribution in [0.25, 0.3) is 33.6 Å². The monoisotopic (exact) mass is 528 g/mol. The molecule has 0 aliphatic heterocycles. The average molecular weight is 529 g/mol. The number of aryl methyl sites for hydroxylation is 2. The molecule has 4 aromatic rings. The van der Waals surface area contributed by atoms with Crippen molar-refractivity contribution in [3.05, 3.63) is 101 Å². The van der Waals surface area contributed by atoms with Crippen LogP contribution in [0, 0.1) is 0 Å². The van der Waals surface area contributed by atoms with E-state index in [1.165, 1.54) is 109 Å². The van der Waals surface area contributed by atoms with Gasteiger partial charge in [-0.3, -0.25) is 0 Å². The van der Waals surface area contributed by atoms with E-state index in [9.17, 15) is 0 Å². The van der Waals surface area contributed by atoms with Gasteiger partial charge in [0.2, 0.25) is 11.4 Å². The highest BCUT2D eigenvalue weighted by molar-refractivity contribution is 5.85. The Bertz CT molecular complexity index is 1350. The second kappa shape index (κ2) is 13.0. The molecular formula is C39H46N+. The van der Waals surface area contributed by atoms with E-state index in [2.05, 4.69) is 90.4 Å². The molecule has 1 heteroatoms. The molecule has 0 saturated carbocycles. The van der Waals surface area contributed by atoms with Crippen molar-refractivity contribution >= 4 is 0 Å². The third-order valence-corrected chi connectivity index (χ3v) is 9.35. The minimum Gasteiger partial charge on any atom is -0.191 e. The molecule has 0 amide bonds. The zero-order valence-corrected chi connectivity index (χ0v) is 24.6. The number of hydrogen-bond donors (Lipinski definition) is 0. The molecule has 0 unspecified atom stereocenters. The molecule has 0 atom stereocenters. The maximum Gasteiger partial charge on any atom is 0.217 e. The molecule has 40 heavy (non-hydrogen) atoms. The Morgan fingerprint density at radius 3 is 1.52 bits per heavy atom. The molecule has 1 heterocycles. The fourth-order valence-corrected chi connectivity index (χ4v) is 7.35. The summed E-state index contributed by atoms with van der Waals surface area (Å²) in [5.74, 6) is 0. The van der Waals surface area contributed by atoms with E-state index in [4.69, 9.17) is 0 Å². The fourth-order valence-electron chi connectivity index (χ4n) is 7.35. The van der Waals surface area contributed by atoms with Gasteiger partial charge in [-0.1, -0.05) is 125 Å². The number of aromatic nitrogens is 1. The van der Waals surface area contributed by atoms with Gasteiger partial charge < -0.3 is 0 Å². The summed E-state index contributed by atoms with van der Waals surface area (Å²) in [7, 11) is 0. The predicted octanol–water partition coefficient (Wildman–Crippen LogP) is 10.1. The molecule has 2 aliphatic rings. The van der Waals surface area contributed by atoms with Gasteiger partial charge in [0.05, 0.1) is 0 Å². The fraction of sp³-hybridized carbons (Fsp3) is 0.410. The third kappa shape index (κ3) is 5.53. The number of rotatable bonds is 12. The number of pyridine rings is 1. The first kappa shape index (κ1) is 27.0. The molecule has 206 valence electrons. The van der Waals surface area contributed by atoms with Crippen molar-refractivity contribution < 1.29 is 4.57 Å². The van der Waals surface area contributed by atoms with Crippen molar-refractivity contribution in [3.63, 3.8) is 0 Å². The second-order valence-electron chi connectivity index (χ2n) is 12.0. The van der Waals surface area contributed by atoms with Crippen LogP contribution >= 0.6 is 0 Å². The number of nitrogens with zero attached hydrogens (tertiary/aromatic N) is 1. The first-order valence-corrected chi connectivity index (χ1v) is 16.2. The predicted molar refractivity (Wildman–Crippen MR) is 170 cm³/mol. The zero-order chi connectivity index (χ0) is 27.1. The first-order chi connectivity index (χ1) is 19.9. The lowest BCUT2D eigenvalue weighted by Crippen LogP contribution is -2.43. The first-order valence-electron chi connectivity index (χ1n) is 16.2. The van der Waals surface area contributed by atoms with E-state index in [0.717, 1.165) is 32.2 Å². The number of hydrogen-bond acceptors (Lipinski definition) is 0. The molecule has 1 aromatic heterocycles. The van der Waals surface area contributed by atoms with Crippen LogP contribution in [0.4, 0.5) is 0 Å². The van der Waals surface area contributed by atoms with Crippen molar-refractivity contribution in [2.24, 2.45) is 0 Å². The summed E-state index contributed by atoms with van der Waals surface area (Å²) in [5, 5.41) is 0. The van der Waals surface area contributed by atoms with Gasteiger partial charge in [0, 0.05) is 34.2 Å². The highest BCUT2D eigenvalue weighted by atomic mass is 15.0. The van der Waals surface area contributed by atoms with Crippen LogP contribution in [0.2, 0.25) is 0 Å². The highest BCUT2D eigenvalue weighted by Gasteiger charge is 2.37. The van der Waals surface area contributed by atoms with E-state index < -0.39 is 0 Å². The number of unbranched alkanes of at least 4 members (excludes halogenated alkanes) is 9. The van der Waals surface area contributed by atoms with Gasteiger partial charge in [-0.05, 0) is 60.9 Å². The smallest absolute Gasteiger partial charge is 0.191 e. The summed E-state index contributed by atoms with van der Waals surface area (Å²) in [6, 6.07) is 29.7. The summed E-state index contributed by atoms with van der Waals surface area (Å²) in [5.41, 5.74) is 15.0. The molecule has 0 fully saturated rings. The standard InChI is InChI=1S/C39H46N/c1-2-3-4-5-6-7-8-9-10-18-29-40-38-33-23-16-14-19-30(33)25-27-35(38)37(32-21-12-11-13-22-32)36-28-26-31-20-15-17-24-34(31)39(36)40/h11-17,19-24H,2-10,18,25-29H2,1H3/q+1. The lowest BCUT2D eigenvalue weighted by molar-refractivity contribution is -0.676. The van der Waals surface area contributed by atoms with Gasteiger partial charge in [0.25, 0.3) is 0 Å². The van der Waals surface area contributed by atoms with Crippen LogP contribution in [0.3, 0.4) is 0 Å². The van der Waals surface area contributed by atoms with Gasteiger partial charge in [-0.2, -0.15) is 4.57 Å². The van der Waals surface area contributed by atoms with E-state index in [0.29, 0.717) is 0 Å². The summed E-state index contributed by atoms with van der Waals surface area (Å²) in [6.45, 7) is 3.41. The van der Waals surface area contributed by atoms with Crippen LogP contribution in [-0.2, 0) is 32.2 Å². The van der Waals surface area contributed by atoms with Crippen molar-refractivity contribution in [3.8, 4) is 33.6 Å². The van der Waals surface area contributed by atoms with Crippen LogP contribution in [-0.4, -0.2) is 0 Å². The molecule has 1 nitrogen and oxygen atoms in total. The van der Waals surface area contributed by atoms with E-state index in [1.807, 2.05) is 0 Å². The van der Waals surface area contributed by atoms with Crippen LogP contribution in [0.5, 0.6) is 0 Å². The summed E-state index contributed by atoms with van der Waals surface area (Å²) < 4.78 is 2.78. The van der Waals surface area contributed by atoms with Gasteiger partial charge in [0.15, 0.2) is 0 Å². The molecular weight excluding hydrogens is 482 g/mol. The summed E-state index contributed by atoms with van der Waals surface area (Å²) in [4.78, 5) is 0. The van der Waals surface area contributed by atoms with Crippen LogP contribution in [0.15, 0.2) is 78.9 Å². The molecule has 0 saturated heterocycles. The lowest BCUT2D eigenvalue weighted by Gasteiger charge is -2.28. The molecule has 6 rings (SSSR count). The second-order valence-corrected chi connectivity index (χ2v) is 12.0. The van der Waals surface area contributed by atoms with Gasteiger partial charge in [-0.25, -0.2) is 0 Å². The van der Waals surface area contributed by atoms with Crippen LogP contribution in [0.1, 0.15) is 93.4 Å². The number of fused-ring (bicyclic) bond motifs is 6. The quantitative estimate of drug-likeness (QED) is 0.127. The number of benzene rings is 3. The molecule has 0 bridgehead atoms. The van der Waals surface area contributed by atoms with Gasteiger partial charge in [-0.15, -0.1) is 0 Å². The average Bonchev–Trinajstić information content (AvgIpc) is 3.01. The largest absolute Gasteiger partial charge is 0.217 e. The summed E-state index contributed by atoms with van der Waals surface area (Å²) >= 11 is 0. The van der Waals surface area contributed by atoms with E-state index in [1.54, 1.807) is 11.1 Å². The van der Waals surface area contributed by atoms with Crippen molar-refractivity contribution in [2.75, 3.05) is 0 Å². The Balaban J connectivity index is 1.38. The van der Waals surface area contributed by atoms with Crippen molar-refractivity contribution in [1.82, 2.24) is 0 Å². The molecule has 0 radical (unpaired) electrons. The Kier molecular flexibility index (Phi) is 8.77. The Hall–Kier alpha value is -3.19. The lowest BCUT2D eigenvalue weighted by atomic mass is 9.77. The Morgan fingerprint density at radius 1 is 0.500 bits per heavy atom. The van der Waals surface area contributed by atoms with Crippen molar-refractivity contribution in [1.29, 1.82) is 0 Å². The molecule has 2 aliphatic carbocycles. The minimum atomic E-state index is 1.11.